The predicted octanol–water partition coefficient (Wildman–Crippen LogP) is 3.95. The molecule has 102 valence electrons. The summed E-state index contributed by atoms with van der Waals surface area (Å²) in [7, 11) is 0. The van der Waals surface area contributed by atoms with Crippen LogP contribution in [0, 0.1) is 0 Å². The van der Waals surface area contributed by atoms with Crippen molar-refractivity contribution in [3.05, 3.63) is 36.5 Å². The Morgan fingerprint density at radius 1 is 1.00 bits per heavy atom. The zero-order chi connectivity index (χ0) is 12.9. The minimum atomic E-state index is 0.754. The lowest BCUT2D eigenvalue weighted by Gasteiger charge is -2.16. The van der Waals surface area contributed by atoms with E-state index in [1.165, 1.54) is 49.4 Å². The molecule has 0 radical (unpaired) electrons. The van der Waals surface area contributed by atoms with Crippen LogP contribution in [0.4, 0.5) is 0 Å². The quantitative estimate of drug-likeness (QED) is 0.819. The van der Waals surface area contributed by atoms with E-state index < -0.39 is 0 Å². The Labute approximate surface area is 115 Å². The van der Waals surface area contributed by atoms with Crippen molar-refractivity contribution in [3.8, 4) is 0 Å². The molecular formula is C17H24N2. The summed E-state index contributed by atoms with van der Waals surface area (Å²) >= 11 is 0. The Bertz CT molecular complexity index is 507. The predicted molar refractivity (Wildman–Crippen MR) is 81.4 cm³/mol. The lowest BCUT2D eigenvalue weighted by atomic mass is 10.1. The molecule has 0 aliphatic heterocycles. The van der Waals surface area contributed by atoms with Gasteiger partial charge in [0.25, 0.3) is 0 Å². The molecule has 1 saturated carbocycles. The van der Waals surface area contributed by atoms with Gasteiger partial charge >= 0.3 is 0 Å². The molecule has 2 heteroatoms. The number of rotatable bonds is 4. The van der Waals surface area contributed by atoms with Gasteiger partial charge in [-0.25, -0.2) is 0 Å². The number of nitrogens with one attached hydrogen (secondary N) is 1. The standard InChI is InChI=1S/C17H24N2/c1-2-4-9-16(8-3-1)18-12-14-19-13-11-15-7-5-6-10-17(15)19/h5-7,10-11,13,16,18H,1-4,8-9,12,14H2. The third-order valence-electron chi connectivity index (χ3n) is 4.32. The van der Waals surface area contributed by atoms with Gasteiger partial charge in [0, 0.05) is 30.8 Å². The molecule has 0 saturated heterocycles. The second-order valence-electron chi connectivity index (χ2n) is 5.71. The third-order valence-corrected chi connectivity index (χ3v) is 4.32. The van der Waals surface area contributed by atoms with Gasteiger partial charge in [0.1, 0.15) is 0 Å². The molecule has 1 aromatic heterocycles. The summed E-state index contributed by atoms with van der Waals surface area (Å²) in [6.45, 7) is 2.16. The van der Waals surface area contributed by atoms with Crippen LogP contribution in [0.25, 0.3) is 10.9 Å². The van der Waals surface area contributed by atoms with Crippen LogP contribution in [0.15, 0.2) is 36.5 Å². The van der Waals surface area contributed by atoms with Crippen molar-refractivity contribution in [1.82, 2.24) is 9.88 Å². The van der Waals surface area contributed by atoms with Crippen molar-refractivity contribution in [2.45, 2.75) is 51.1 Å². The first kappa shape index (κ1) is 12.7. The van der Waals surface area contributed by atoms with Crippen molar-refractivity contribution in [3.63, 3.8) is 0 Å². The van der Waals surface area contributed by atoms with Crippen LogP contribution in [0.5, 0.6) is 0 Å². The van der Waals surface area contributed by atoms with Crippen molar-refractivity contribution >= 4 is 10.9 Å². The average Bonchev–Trinajstić information content (AvgIpc) is 2.68. The van der Waals surface area contributed by atoms with Crippen LogP contribution < -0.4 is 5.32 Å². The Morgan fingerprint density at radius 2 is 1.79 bits per heavy atom. The van der Waals surface area contributed by atoms with Crippen LogP contribution in [0.3, 0.4) is 0 Å². The fourth-order valence-corrected chi connectivity index (χ4v) is 3.21. The Kier molecular flexibility index (Phi) is 4.19. The van der Waals surface area contributed by atoms with Crippen molar-refractivity contribution in [2.75, 3.05) is 6.54 Å². The SMILES string of the molecule is c1ccc2c(c1)ccn2CCNC1CCCCCC1. The molecule has 0 unspecified atom stereocenters. The zero-order valence-corrected chi connectivity index (χ0v) is 11.6. The maximum atomic E-state index is 3.74. The molecule has 1 heterocycles. The van der Waals surface area contributed by atoms with Gasteiger partial charge in [-0.1, -0.05) is 43.9 Å². The summed E-state index contributed by atoms with van der Waals surface area (Å²) in [5, 5.41) is 5.09. The molecule has 2 aromatic rings. The van der Waals surface area contributed by atoms with Crippen molar-refractivity contribution in [1.29, 1.82) is 0 Å². The van der Waals surface area contributed by atoms with Gasteiger partial charge in [-0.2, -0.15) is 0 Å². The number of para-hydroxylation sites is 1. The average molecular weight is 256 g/mol. The van der Waals surface area contributed by atoms with Gasteiger partial charge in [0.15, 0.2) is 0 Å². The van der Waals surface area contributed by atoms with E-state index in [1.807, 2.05) is 0 Å². The van der Waals surface area contributed by atoms with E-state index in [-0.39, 0.29) is 0 Å². The van der Waals surface area contributed by atoms with Crippen molar-refractivity contribution in [2.24, 2.45) is 0 Å². The number of nitrogens with zero attached hydrogens (tertiary/aromatic N) is 1. The van der Waals surface area contributed by atoms with Gasteiger partial charge in [0.05, 0.1) is 0 Å². The van der Waals surface area contributed by atoms with Crippen LogP contribution in [-0.2, 0) is 6.54 Å². The summed E-state index contributed by atoms with van der Waals surface area (Å²) in [5.74, 6) is 0. The Hall–Kier alpha value is -1.28. The molecule has 1 aliphatic rings. The van der Waals surface area contributed by atoms with Crippen LogP contribution in [0.2, 0.25) is 0 Å². The van der Waals surface area contributed by atoms with E-state index in [9.17, 15) is 0 Å². The molecule has 0 atom stereocenters. The number of hydrogen-bond donors (Lipinski definition) is 1. The van der Waals surface area contributed by atoms with Gasteiger partial charge < -0.3 is 9.88 Å². The molecule has 1 N–H and O–H groups in total. The van der Waals surface area contributed by atoms with E-state index in [4.69, 9.17) is 0 Å². The molecule has 1 aromatic carbocycles. The molecule has 19 heavy (non-hydrogen) atoms. The molecule has 0 bridgehead atoms. The molecule has 1 fully saturated rings. The van der Waals surface area contributed by atoms with E-state index in [1.54, 1.807) is 0 Å². The minimum Gasteiger partial charge on any atom is -0.346 e. The smallest absolute Gasteiger partial charge is 0.0480 e. The van der Waals surface area contributed by atoms with E-state index in [0.717, 1.165) is 19.1 Å². The number of aromatic nitrogens is 1. The monoisotopic (exact) mass is 256 g/mol. The first-order chi connectivity index (χ1) is 9.43. The highest BCUT2D eigenvalue weighted by molar-refractivity contribution is 5.79. The lowest BCUT2D eigenvalue weighted by molar-refractivity contribution is 0.447. The molecule has 2 nitrogen and oxygen atoms in total. The summed E-state index contributed by atoms with van der Waals surface area (Å²) in [5.41, 5.74) is 1.35. The number of benzene rings is 1. The Balaban J connectivity index is 1.54. The molecule has 0 spiro atoms. The lowest BCUT2D eigenvalue weighted by Crippen LogP contribution is -2.31. The first-order valence-electron chi connectivity index (χ1n) is 7.71. The van der Waals surface area contributed by atoms with E-state index in [2.05, 4.69) is 46.4 Å². The summed E-state index contributed by atoms with van der Waals surface area (Å²) in [6.07, 6.45) is 10.6. The van der Waals surface area contributed by atoms with Crippen LogP contribution in [-0.4, -0.2) is 17.2 Å². The van der Waals surface area contributed by atoms with Gasteiger partial charge in [-0.15, -0.1) is 0 Å². The largest absolute Gasteiger partial charge is 0.346 e. The highest BCUT2D eigenvalue weighted by Crippen LogP contribution is 2.17. The highest BCUT2D eigenvalue weighted by Gasteiger charge is 2.11. The maximum Gasteiger partial charge on any atom is 0.0480 e. The van der Waals surface area contributed by atoms with Crippen LogP contribution in [0.1, 0.15) is 38.5 Å². The van der Waals surface area contributed by atoms with Gasteiger partial charge in [-0.05, 0) is 30.4 Å². The zero-order valence-electron chi connectivity index (χ0n) is 11.6. The fourth-order valence-electron chi connectivity index (χ4n) is 3.21. The summed E-state index contributed by atoms with van der Waals surface area (Å²) in [4.78, 5) is 0. The third kappa shape index (κ3) is 3.19. The maximum absolute atomic E-state index is 3.74. The minimum absolute atomic E-state index is 0.754. The molecule has 0 amide bonds. The molecule has 3 rings (SSSR count). The van der Waals surface area contributed by atoms with Gasteiger partial charge in [-0.3, -0.25) is 0 Å². The van der Waals surface area contributed by atoms with Crippen LogP contribution >= 0.6 is 0 Å². The second kappa shape index (κ2) is 6.25. The highest BCUT2D eigenvalue weighted by atomic mass is 15.0. The van der Waals surface area contributed by atoms with E-state index >= 15 is 0 Å². The normalized spacial score (nSPS) is 17.7. The summed E-state index contributed by atoms with van der Waals surface area (Å²) < 4.78 is 2.36. The van der Waals surface area contributed by atoms with E-state index in [0.29, 0.717) is 0 Å². The fraction of sp³-hybridized carbons (Fsp3) is 0.529. The first-order valence-corrected chi connectivity index (χ1v) is 7.71. The second-order valence-corrected chi connectivity index (χ2v) is 5.71. The molecule has 1 aliphatic carbocycles. The Morgan fingerprint density at radius 3 is 2.63 bits per heavy atom. The topological polar surface area (TPSA) is 17.0 Å². The number of hydrogen-bond acceptors (Lipinski definition) is 1. The van der Waals surface area contributed by atoms with Crippen molar-refractivity contribution < 1.29 is 0 Å². The van der Waals surface area contributed by atoms with Gasteiger partial charge in [0.2, 0.25) is 0 Å². The summed E-state index contributed by atoms with van der Waals surface area (Å²) in [6, 6.07) is 11.6. The number of fused-ring (bicyclic) bond motifs is 1. The molecular weight excluding hydrogens is 232 g/mol.